The molecule has 1 aliphatic rings. The summed E-state index contributed by atoms with van der Waals surface area (Å²) in [6.07, 6.45) is 2.27. The van der Waals surface area contributed by atoms with Gasteiger partial charge in [-0.25, -0.2) is 4.98 Å². The number of likely N-dealkylation sites (tertiary alicyclic amines) is 1. The quantitative estimate of drug-likeness (QED) is 0.598. The monoisotopic (exact) mass is 464 g/mol. The zero-order chi connectivity index (χ0) is 21.4. The van der Waals surface area contributed by atoms with E-state index in [2.05, 4.69) is 10.2 Å². The molecule has 0 unspecified atom stereocenters. The van der Waals surface area contributed by atoms with Gasteiger partial charge >= 0.3 is 0 Å². The Labute approximate surface area is 188 Å². The highest BCUT2D eigenvalue weighted by molar-refractivity contribution is 7.18. The van der Waals surface area contributed by atoms with Crippen molar-refractivity contribution in [1.82, 2.24) is 14.5 Å². The molecule has 0 bridgehead atoms. The predicted octanol–water partition coefficient (Wildman–Crippen LogP) is 4.62. The molecule has 1 aliphatic heterocycles. The van der Waals surface area contributed by atoms with E-state index in [1.54, 1.807) is 18.2 Å². The number of anilines is 1. The van der Waals surface area contributed by atoms with Crippen LogP contribution in [0.2, 0.25) is 10.0 Å². The van der Waals surface area contributed by atoms with E-state index in [1.807, 2.05) is 13.8 Å². The van der Waals surface area contributed by atoms with Crippen molar-refractivity contribution in [3.63, 3.8) is 0 Å². The first-order valence-corrected chi connectivity index (χ1v) is 11.4. The van der Waals surface area contributed by atoms with Gasteiger partial charge in [-0.2, -0.15) is 0 Å². The number of hydrogen-bond donors (Lipinski definition) is 1. The molecule has 0 aliphatic carbocycles. The van der Waals surface area contributed by atoms with Gasteiger partial charge in [-0.1, -0.05) is 23.2 Å². The molecule has 9 heteroatoms. The summed E-state index contributed by atoms with van der Waals surface area (Å²) >= 11 is 13.7. The molecule has 2 aromatic heterocycles. The molecule has 0 spiro atoms. The van der Waals surface area contributed by atoms with Gasteiger partial charge in [0.05, 0.1) is 22.6 Å². The van der Waals surface area contributed by atoms with Gasteiger partial charge in [0.1, 0.15) is 17.2 Å². The van der Waals surface area contributed by atoms with Crippen molar-refractivity contribution in [2.45, 2.75) is 39.8 Å². The van der Waals surface area contributed by atoms with Crippen LogP contribution in [0, 0.1) is 13.8 Å². The summed E-state index contributed by atoms with van der Waals surface area (Å²) in [4.78, 5) is 35.0. The Morgan fingerprint density at radius 2 is 1.97 bits per heavy atom. The molecular weight excluding hydrogens is 443 g/mol. The molecule has 1 N–H and O–H groups in total. The fourth-order valence-corrected chi connectivity index (χ4v) is 5.10. The fraction of sp³-hybridized carbons (Fsp3) is 0.381. The number of amides is 1. The lowest BCUT2D eigenvalue weighted by Crippen LogP contribution is -2.33. The van der Waals surface area contributed by atoms with Crippen LogP contribution in [0.5, 0.6) is 0 Å². The maximum Gasteiger partial charge on any atom is 0.263 e. The Morgan fingerprint density at radius 3 is 2.70 bits per heavy atom. The summed E-state index contributed by atoms with van der Waals surface area (Å²) in [7, 11) is 0. The first-order chi connectivity index (χ1) is 14.3. The number of thiophene rings is 1. The number of rotatable bonds is 5. The lowest BCUT2D eigenvalue weighted by molar-refractivity contribution is -0.116. The summed E-state index contributed by atoms with van der Waals surface area (Å²) in [5.41, 5.74) is 1.16. The van der Waals surface area contributed by atoms with Crippen molar-refractivity contribution >= 4 is 56.3 Å². The van der Waals surface area contributed by atoms with Gasteiger partial charge in [-0.05, 0) is 63.5 Å². The predicted molar refractivity (Wildman–Crippen MR) is 123 cm³/mol. The standard InChI is InChI=1S/C21H22Cl2N4O2S/c1-12-13(2)30-20-19(12)21(29)27(17(25-20)10-26-7-3-4-8-26)11-18(28)24-16-9-14(22)5-6-15(16)23/h5-6,9H,3-4,7-8,10-11H2,1-2H3,(H,24,28). The number of fused-ring (bicyclic) bond motifs is 1. The molecule has 4 rings (SSSR count). The van der Waals surface area contributed by atoms with Crippen molar-refractivity contribution in [2.75, 3.05) is 18.4 Å². The van der Waals surface area contributed by atoms with E-state index in [4.69, 9.17) is 28.2 Å². The molecule has 3 heterocycles. The topological polar surface area (TPSA) is 67.2 Å². The number of aryl methyl sites for hydroxylation is 2. The minimum Gasteiger partial charge on any atom is -0.323 e. The average Bonchev–Trinajstić information content (AvgIpc) is 3.30. The number of nitrogens with one attached hydrogen (secondary N) is 1. The van der Waals surface area contributed by atoms with E-state index in [0.29, 0.717) is 33.5 Å². The van der Waals surface area contributed by atoms with Crippen molar-refractivity contribution < 1.29 is 4.79 Å². The molecule has 1 amide bonds. The smallest absolute Gasteiger partial charge is 0.263 e. The third-order valence-corrected chi connectivity index (χ3v) is 7.10. The SMILES string of the molecule is Cc1sc2nc(CN3CCCC3)n(CC(=O)Nc3cc(Cl)ccc3Cl)c(=O)c2c1C. The van der Waals surface area contributed by atoms with Crippen LogP contribution in [0.25, 0.3) is 10.2 Å². The molecule has 158 valence electrons. The number of nitrogens with zero attached hydrogens (tertiary/aromatic N) is 3. The second kappa shape index (κ2) is 8.67. The first-order valence-electron chi connectivity index (χ1n) is 9.80. The van der Waals surface area contributed by atoms with Crippen LogP contribution in [-0.4, -0.2) is 33.4 Å². The lowest BCUT2D eigenvalue weighted by atomic mass is 10.2. The second-order valence-corrected chi connectivity index (χ2v) is 9.59. The number of aromatic nitrogens is 2. The van der Waals surface area contributed by atoms with Crippen molar-refractivity contribution in [1.29, 1.82) is 0 Å². The minimum atomic E-state index is -0.352. The summed E-state index contributed by atoms with van der Waals surface area (Å²) in [5.74, 6) is 0.262. The summed E-state index contributed by atoms with van der Waals surface area (Å²) < 4.78 is 1.49. The average molecular weight is 465 g/mol. The van der Waals surface area contributed by atoms with Crippen molar-refractivity contribution in [2.24, 2.45) is 0 Å². The van der Waals surface area contributed by atoms with Gasteiger partial charge in [0.15, 0.2) is 0 Å². The number of carbonyl (C=O) groups excluding carboxylic acids is 1. The van der Waals surface area contributed by atoms with E-state index in [1.165, 1.54) is 15.9 Å². The normalized spacial score (nSPS) is 14.5. The highest BCUT2D eigenvalue weighted by Gasteiger charge is 2.21. The summed E-state index contributed by atoms with van der Waals surface area (Å²) in [5, 5.41) is 4.21. The highest BCUT2D eigenvalue weighted by atomic mass is 35.5. The Bertz CT molecular complexity index is 1180. The molecular formula is C21H22Cl2N4O2S. The van der Waals surface area contributed by atoms with Gasteiger partial charge in [-0.15, -0.1) is 11.3 Å². The molecule has 0 radical (unpaired) electrons. The van der Waals surface area contributed by atoms with E-state index < -0.39 is 0 Å². The summed E-state index contributed by atoms with van der Waals surface area (Å²) in [6, 6.07) is 4.86. The Hall–Kier alpha value is -1.93. The maximum atomic E-state index is 13.4. The number of hydrogen-bond acceptors (Lipinski definition) is 5. The largest absolute Gasteiger partial charge is 0.323 e. The minimum absolute atomic E-state index is 0.137. The van der Waals surface area contributed by atoms with E-state index in [0.717, 1.165) is 41.2 Å². The van der Waals surface area contributed by atoms with Crippen molar-refractivity contribution in [3.8, 4) is 0 Å². The molecule has 6 nitrogen and oxygen atoms in total. The van der Waals surface area contributed by atoms with Gasteiger partial charge in [0.2, 0.25) is 5.91 Å². The summed E-state index contributed by atoms with van der Waals surface area (Å²) in [6.45, 7) is 6.27. The zero-order valence-electron chi connectivity index (χ0n) is 16.8. The van der Waals surface area contributed by atoms with Crippen LogP contribution in [0.3, 0.4) is 0 Å². The zero-order valence-corrected chi connectivity index (χ0v) is 19.1. The van der Waals surface area contributed by atoms with Gasteiger partial charge in [0.25, 0.3) is 5.56 Å². The molecule has 30 heavy (non-hydrogen) atoms. The molecule has 3 aromatic rings. The van der Waals surface area contributed by atoms with Gasteiger partial charge in [0, 0.05) is 9.90 Å². The van der Waals surface area contributed by atoms with E-state index in [9.17, 15) is 9.59 Å². The van der Waals surface area contributed by atoms with Crippen LogP contribution < -0.4 is 10.9 Å². The second-order valence-electron chi connectivity index (χ2n) is 7.54. The van der Waals surface area contributed by atoms with Gasteiger partial charge in [-0.3, -0.25) is 19.1 Å². The lowest BCUT2D eigenvalue weighted by Gasteiger charge is -2.18. The Morgan fingerprint density at radius 1 is 1.23 bits per heavy atom. The fourth-order valence-electron chi connectivity index (χ4n) is 3.72. The molecule has 1 saturated heterocycles. The van der Waals surface area contributed by atoms with Crippen LogP contribution in [0.15, 0.2) is 23.0 Å². The van der Waals surface area contributed by atoms with Gasteiger partial charge < -0.3 is 5.32 Å². The number of carbonyl (C=O) groups is 1. The Balaban J connectivity index is 1.70. The number of benzene rings is 1. The number of halogens is 2. The van der Waals surface area contributed by atoms with Crippen LogP contribution in [-0.2, 0) is 17.9 Å². The first kappa shape index (κ1) is 21.3. The highest BCUT2D eigenvalue weighted by Crippen LogP contribution is 2.27. The van der Waals surface area contributed by atoms with E-state index in [-0.39, 0.29) is 18.0 Å². The van der Waals surface area contributed by atoms with E-state index >= 15 is 0 Å². The molecule has 0 atom stereocenters. The molecule has 1 aromatic carbocycles. The Kier molecular flexibility index (Phi) is 6.16. The molecule has 0 saturated carbocycles. The third-order valence-electron chi connectivity index (χ3n) is 5.44. The maximum absolute atomic E-state index is 13.4. The third kappa shape index (κ3) is 4.25. The van der Waals surface area contributed by atoms with Crippen molar-refractivity contribution in [3.05, 3.63) is 54.9 Å². The van der Waals surface area contributed by atoms with Crippen LogP contribution in [0.1, 0.15) is 29.1 Å². The van der Waals surface area contributed by atoms with Crippen LogP contribution >= 0.6 is 34.5 Å². The molecule has 1 fully saturated rings. The van der Waals surface area contributed by atoms with Crippen LogP contribution in [0.4, 0.5) is 5.69 Å².